The van der Waals surface area contributed by atoms with E-state index >= 15 is 0 Å². The highest BCUT2D eigenvalue weighted by Gasteiger charge is 2.31. The minimum atomic E-state index is 0.348. The predicted octanol–water partition coefficient (Wildman–Crippen LogP) is 5.21. The molecule has 0 spiro atoms. The molecule has 1 heterocycles. The smallest absolute Gasteiger partial charge is 0.126 e. The second kappa shape index (κ2) is 4.92. The van der Waals surface area contributed by atoms with Crippen molar-refractivity contribution in [1.82, 2.24) is 0 Å². The number of hydrogen-bond donors (Lipinski definition) is 0. The van der Waals surface area contributed by atoms with E-state index in [0.29, 0.717) is 5.92 Å². The number of aryl methyl sites for hydroxylation is 1. The molecular weight excluding hydrogens is 312 g/mol. The Balaban J connectivity index is 2.17. The van der Waals surface area contributed by atoms with Crippen molar-refractivity contribution in [3.05, 3.63) is 62.1 Å². The summed E-state index contributed by atoms with van der Waals surface area (Å²) in [6.45, 7) is 9.35. The van der Waals surface area contributed by atoms with E-state index in [9.17, 15) is 0 Å². The van der Waals surface area contributed by atoms with Gasteiger partial charge in [-0.1, -0.05) is 45.8 Å². The van der Waals surface area contributed by atoms with Crippen molar-refractivity contribution >= 4 is 15.9 Å². The third-order valence-corrected chi connectivity index (χ3v) is 5.62. The van der Waals surface area contributed by atoms with Crippen LogP contribution in [-0.4, -0.2) is 6.61 Å². The number of halogens is 1. The predicted molar refractivity (Wildman–Crippen MR) is 86.9 cm³/mol. The number of rotatable bonds is 1. The van der Waals surface area contributed by atoms with Gasteiger partial charge in [-0.05, 0) is 49.9 Å². The van der Waals surface area contributed by atoms with Gasteiger partial charge < -0.3 is 4.74 Å². The molecule has 1 aliphatic rings. The van der Waals surface area contributed by atoms with Crippen LogP contribution in [0.4, 0.5) is 0 Å². The van der Waals surface area contributed by atoms with Crippen LogP contribution in [0.15, 0.2) is 28.7 Å². The fourth-order valence-electron chi connectivity index (χ4n) is 3.02. The average Bonchev–Trinajstić information content (AvgIpc) is 2.88. The summed E-state index contributed by atoms with van der Waals surface area (Å²) in [7, 11) is 0. The van der Waals surface area contributed by atoms with E-state index in [2.05, 4.69) is 67.9 Å². The van der Waals surface area contributed by atoms with Gasteiger partial charge in [0.2, 0.25) is 0 Å². The van der Waals surface area contributed by atoms with Crippen LogP contribution >= 0.6 is 15.9 Å². The van der Waals surface area contributed by atoms with Gasteiger partial charge >= 0.3 is 0 Å². The Kier molecular flexibility index (Phi) is 3.37. The zero-order valence-electron chi connectivity index (χ0n) is 12.4. The van der Waals surface area contributed by atoms with Crippen LogP contribution in [0.1, 0.15) is 39.3 Å². The third kappa shape index (κ3) is 1.98. The van der Waals surface area contributed by atoms with Gasteiger partial charge in [0.05, 0.1) is 6.61 Å². The molecule has 0 aliphatic carbocycles. The normalized spacial score (nSPS) is 16.9. The van der Waals surface area contributed by atoms with Crippen LogP contribution < -0.4 is 4.74 Å². The monoisotopic (exact) mass is 330 g/mol. The summed E-state index contributed by atoms with van der Waals surface area (Å²) in [5, 5.41) is 0. The highest BCUT2D eigenvalue weighted by molar-refractivity contribution is 9.10. The maximum absolute atomic E-state index is 6.02. The van der Waals surface area contributed by atoms with Crippen molar-refractivity contribution in [3.8, 4) is 5.75 Å². The Morgan fingerprint density at radius 2 is 1.60 bits per heavy atom. The lowest BCUT2D eigenvalue weighted by Gasteiger charge is -2.16. The number of benzene rings is 2. The van der Waals surface area contributed by atoms with E-state index in [1.54, 1.807) is 0 Å². The van der Waals surface area contributed by atoms with Gasteiger partial charge in [-0.15, -0.1) is 0 Å². The SMILES string of the molecule is Cc1ccc([C@H]2COc3c(C)c(C)c(Br)c(C)c32)cc1. The molecular formula is C18H19BrO. The van der Waals surface area contributed by atoms with Crippen molar-refractivity contribution in [3.63, 3.8) is 0 Å². The molecule has 1 nitrogen and oxygen atoms in total. The van der Waals surface area contributed by atoms with Gasteiger partial charge in [0.15, 0.2) is 0 Å². The molecule has 20 heavy (non-hydrogen) atoms. The molecule has 0 radical (unpaired) electrons. The molecule has 0 saturated carbocycles. The zero-order chi connectivity index (χ0) is 14.4. The van der Waals surface area contributed by atoms with Crippen LogP contribution in [0.25, 0.3) is 0 Å². The molecule has 0 N–H and O–H groups in total. The molecule has 1 aliphatic heterocycles. The van der Waals surface area contributed by atoms with E-state index in [0.717, 1.165) is 12.4 Å². The van der Waals surface area contributed by atoms with E-state index in [1.165, 1.54) is 37.9 Å². The van der Waals surface area contributed by atoms with Crippen molar-refractivity contribution in [2.75, 3.05) is 6.61 Å². The molecule has 0 amide bonds. The molecule has 0 unspecified atom stereocenters. The topological polar surface area (TPSA) is 9.23 Å². The molecule has 0 fully saturated rings. The summed E-state index contributed by atoms with van der Waals surface area (Å²) in [5.41, 5.74) is 7.84. The van der Waals surface area contributed by atoms with Crippen LogP contribution in [0, 0.1) is 27.7 Å². The van der Waals surface area contributed by atoms with Crippen LogP contribution in [0.5, 0.6) is 5.75 Å². The molecule has 2 heteroatoms. The Labute approximate surface area is 129 Å². The Morgan fingerprint density at radius 1 is 0.950 bits per heavy atom. The number of fused-ring (bicyclic) bond motifs is 1. The second-order valence-corrected chi connectivity index (χ2v) is 6.50. The maximum Gasteiger partial charge on any atom is 0.126 e. The van der Waals surface area contributed by atoms with Crippen LogP contribution in [0.2, 0.25) is 0 Å². The lowest BCUT2D eigenvalue weighted by molar-refractivity contribution is 0.341. The first-order chi connectivity index (χ1) is 9.50. The molecule has 3 rings (SSSR count). The molecule has 2 aromatic carbocycles. The fraction of sp³-hybridized carbons (Fsp3) is 0.333. The summed E-state index contributed by atoms with van der Waals surface area (Å²) in [6.07, 6.45) is 0. The van der Waals surface area contributed by atoms with E-state index in [1.807, 2.05) is 0 Å². The third-order valence-electron chi connectivity index (χ3n) is 4.43. The van der Waals surface area contributed by atoms with E-state index in [-0.39, 0.29) is 0 Å². The first-order valence-electron chi connectivity index (χ1n) is 6.99. The van der Waals surface area contributed by atoms with Crippen molar-refractivity contribution in [2.45, 2.75) is 33.6 Å². The Hall–Kier alpha value is -1.28. The molecule has 104 valence electrons. The fourth-order valence-corrected chi connectivity index (χ4v) is 3.53. The average molecular weight is 331 g/mol. The number of hydrogen-bond acceptors (Lipinski definition) is 1. The van der Waals surface area contributed by atoms with Gasteiger partial charge in [0.25, 0.3) is 0 Å². The minimum Gasteiger partial charge on any atom is -0.492 e. The number of ether oxygens (including phenoxy) is 1. The van der Waals surface area contributed by atoms with Gasteiger partial charge in [-0.2, -0.15) is 0 Å². The summed E-state index contributed by atoms with van der Waals surface area (Å²) in [6, 6.07) is 8.81. The Morgan fingerprint density at radius 3 is 2.25 bits per heavy atom. The maximum atomic E-state index is 6.02. The molecule has 0 saturated heterocycles. The standard InChI is InChI=1S/C18H19BrO/c1-10-5-7-14(8-6-10)15-9-20-18-12(3)11(2)17(19)13(4)16(15)18/h5-8,15H,9H2,1-4H3/t15-/m1/s1. The first-order valence-corrected chi connectivity index (χ1v) is 7.78. The summed E-state index contributed by atoms with van der Waals surface area (Å²) >= 11 is 3.74. The second-order valence-electron chi connectivity index (χ2n) is 5.71. The van der Waals surface area contributed by atoms with Crippen molar-refractivity contribution < 1.29 is 4.74 Å². The van der Waals surface area contributed by atoms with E-state index < -0.39 is 0 Å². The highest BCUT2D eigenvalue weighted by Crippen LogP contribution is 2.46. The lowest BCUT2D eigenvalue weighted by Crippen LogP contribution is -2.04. The lowest BCUT2D eigenvalue weighted by atomic mass is 9.87. The molecule has 0 bridgehead atoms. The molecule has 0 aromatic heterocycles. The zero-order valence-corrected chi connectivity index (χ0v) is 14.0. The van der Waals surface area contributed by atoms with Gasteiger partial charge in [0, 0.05) is 16.0 Å². The quantitative estimate of drug-likeness (QED) is 0.697. The highest BCUT2D eigenvalue weighted by atomic mass is 79.9. The molecule has 1 atom stereocenters. The van der Waals surface area contributed by atoms with Crippen LogP contribution in [-0.2, 0) is 0 Å². The first kappa shape index (κ1) is 13.7. The van der Waals surface area contributed by atoms with Gasteiger partial charge in [-0.25, -0.2) is 0 Å². The van der Waals surface area contributed by atoms with Crippen molar-refractivity contribution in [2.24, 2.45) is 0 Å². The Bertz CT molecular complexity index is 671. The summed E-state index contributed by atoms with van der Waals surface area (Å²) in [4.78, 5) is 0. The molecule has 2 aromatic rings. The minimum absolute atomic E-state index is 0.348. The van der Waals surface area contributed by atoms with E-state index in [4.69, 9.17) is 4.74 Å². The van der Waals surface area contributed by atoms with Gasteiger partial charge in [-0.3, -0.25) is 0 Å². The van der Waals surface area contributed by atoms with Crippen molar-refractivity contribution in [1.29, 1.82) is 0 Å². The van der Waals surface area contributed by atoms with Crippen LogP contribution in [0.3, 0.4) is 0 Å². The summed E-state index contributed by atoms with van der Waals surface area (Å²) in [5.74, 6) is 1.44. The van der Waals surface area contributed by atoms with Gasteiger partial charge in [0.1, 0.15) is 5.75 Å². The summed E-state index contributed by atoms with van der Waals surface area (Å²) < 4.78 is 7.24. The largest absolute Gasteiger partial charge is 0.492 e.